The summed E-state index contributed by atoms with van der Waals surface area (Å²) in [6, 6.07) is 3.59. The summed E-state index contributed by atoms with van der Waals surface area (Å²) < 4.78 is 15.9. The standard InChI is InChI=1S/C17H25NO4/c1-12(2)10-11-18-15(19)9-7-13-6-8-14(20-3)17(22-5)16(13)21-4/h6-9,12H,10-11H2,1-5H3,(H,18,19). The lowest BCUT2D eigenvalue weighted by atomic mass is 10.1. The van der Waals surface area contributed by atoms with Gasteiger partial charge in [0, 0.05) is 18.2 Å². The van der Waals surface area contributed by atoms with E-state index < -0.39 is 0 Å². The SMILES string of the molecule is COc1ccc(C=CC(=O)NCCC(C)C)c(OC)c1OC. The van der Waals surface area contributed by atoms with Gasteiger partial charge in [-0.2, -0.15) is 0 Å². The smallest absolute Gasteiger partial charge is 0.244 e. The number of amides is 1. The molecule has 1 rings (SSSR count). The molecule has 0 aliphatic rings. The van der Waals surface area contributed by atoms with Crippen LogP contribution >= 0.6 is 0 Å². The van der Waals surface area contributed by atoms with Gasteiger partial charge in [0.15, 0.2) is 11.5 Å². The second kappa shape index (κ2) is 8.97. The normalized spacial score (nSPS) is 10.8. The molecule has 1 N–H and O–H groups in total. The van der Waals surface area contributed by atoms with Crippen molar-refractivity contribution < 1.29 is 19.0 Å². The minimum atomic E-state index is -0.127. The molecule has 22 heavy (non-hydrogen) atoms. The molecule has 0 radical (unpaired) electrons. The quantitative estimate of drug-likeness (QED) is 0.750. The van der Waals surface area contributed by atoms with Crippen molar-refractivity contribution in [2.45, 2.75) is 20.3 Å². The zero-order valence-electron chi connectivity index (χ0n) is 13.9. The predicted octanol–water partition coefficient (Wildman–Crippen LogP) is 2.89. The lowest BCUT2D eigenvalue weighted by Gasteiger charge is -2.14. The number of methoxy groups -OCH3 is 3. The van der Waals surface area contributed by atoms with Gasteiger partial charge in [-0.1, -0.05) is 13.8 Å². The zero-order chi connectivity index (χ0) is 16.5. The van der Waals surface area contributed by atoms with E-state index in [4.69, 9.17) is 14.2 Å². The van der Waals surface area contributed by atoms with E-state index in [1.54, 1.807) is 33.5 Å². The van der Waals surface area contributed by atoms with Gasteiger partial charge in [-0.15, -0.1) is 0 Å². The monoisotopic (exact) mass is 307 g/mol. The molecule has 122 valence electrons. The number of hydrogen-bond acceptors (Lipinski definition) is 4. The van der Waals surface area contributed by atoms with Crippen LogP contribution in [-0.2, 0) is 4.79 Å². The van der Waals surface area contributed by atoms with Gasteiger partial charge in [0.2, 0.25) is 11.7 Å². The van der Waals surface area contributed by atoms with E-state index >= 15 is 0 Å². The number of nitrogens with one attached hydrogen (secondary N) is 1. The Hall–Kier alpha value is -2.17. The lowest BCUT2D eigenvalue weighted by molar-refractivity contribution is -0.116. The first-order valence-corrected chi connectivity index (χ1v) is 7.28. The van der Waals surface area contributed by atoms with Gasteiger partial charge in [-0.25, -0.2) is 0 Å². The molecule has 0 saturated carbocycles. The summed E-state index contributed by atoms with van der Waals surface area (Å²) in [6.07, 6.45) is 4.15. The fourth-order valence-electron chi connectivity index (χ4n) is 1.96. The summed E-state index contributed by atoms with van der Waals surface area (Å²) in [7, 11) is 4.67. The van der Waals surface area contributed by atoms with Crippen molar-refractivity contribution in [3.8, 4) is 17.2 Å². The summed E-state index contributed by atoms with van der Waals surface area (Å²) in [5, 5.41) is 2.85. The first-order valence-electron chi connectivity index (χ1n) is 7.28. The lowest BCUT2D eigenvalue weighted by Crippen LogP contribution is -2.23. The van der Waals surface area contributed by atoms with Crippen LogP contribution in [0, 0.1) is 5.92 Å². The molecule has 0 saturated heterocycles. The maximum atomic E-state index is 11.8. The van der Waals surface area contributed by atoms with Gasteiger partial charge in [-0.3, -0.25) is 4.79 Å². The molecular formula is C17H25NO4. The number of carbonyl (C=O) groups excluding carboxylic acids is 1. The largest absolute Gasteiger partial charge is 0.493 e. The van der Waals surface area contributed by atoms with Gasteiger partial charge in [-0.05, 0) is 30.5 Å². The molecule has 0 heterocycles. The van der Waals surface area contributed by atoms with E-state index in [0.29, 0.717) is 29.7 Å². The van der Waals surface area contributed by atoms with Crippen molar-refractivity contribution in [2.24, 2.45) is 5.92 Å². The fourth-order valence-corrected chi connectivity index (χ4v) is 1.96. The maximum absolute atomic E-state index is 11.8. The molecule has 0 aliphatic carbocycles. The molecule has 0 aliphatic heterocycles. The van der Waals surface area contributed by atoms with E-state index in [9.17, 15) is 4.79 Å². The number of rotatable bonds is 8. The molecule has 1 aromatic rings. The Morgan fingerprint density at radius 2 is 1.82 bits per heavy atom. The Morgan fingerprint density at radius 3 is 2.36 bits per heavy atom. The topological polar surface area (TPSA) is 56.8 Å². The summed E-state index contributed by atoms with van der Waals surface area (Å²) in [4.78, 5) is 11.8. The highest BCUT2D eigenvalue weighted by Crippen LogP contribution is 2.40. The predicted molar refractivity (Wildman–Crippen MR) is 87.6 cm³/mol. The van der Waals surface area contributed by atoms with Gasteiger partial charge in [0.1, 0.15) is 0 Å². The van der Waals surface area contributed by atoms with Crippen LogP contribution in [0.25, 0.3) is 6.08 Å². The third kappa shape index (κ3) is 4.98. The zero-order valence-corrected chi connectivity index (χ0v) is 13.9. The maximum Gasteiger partial charge on any atom is 0.244 e. The van der Waals surface area contributed by atoms with E-state index in [0.717, 1.165) is 12.0 Å². The average Bonchev–Trinajstić information content (AvgIpc) is 2.51. The van der Waals surface area contributed by atoms with Crippen molar-refractivity contribution in [3.63, 3.8) is 0 Å². The Kier molecular flexibility index (Phi) is 7.29. The number of benzene rings is 1. The number of carbonyl (C=O) groups is 1. The Balaban J connectivity index is 2.84. The summed E-state index contributed by atoms with van der Waals surface area (Å²) in [6.45, 7) is 4.91. The average molecular weight is 307 g/mol. The highest BCUT2D eigenvalue weighted by molar-refractivity contribution is 5.92. The third-order valence-corrected chi connectivity index (χ3v) is 3.17. The van der Waals surface area contributed by atoms with Crippen molar-refractivity contribution in [1.82, 2.24) is 5.32 Å². The number of hydrogen-bond donors (Lipinski definition) is 1. The summed E-state index contributed by atoms with van der Waals surface area (Å²) in [5.74, 6) is 2.06. The first kappa shape index (κ1) is 17.9. The van der Waals surface area contributed by atoms with Crippen LogP contribution < -0.4 is 19.5 Å². The van der Waals surface area contributed by atoms with Gasteiger partial charge >= 0.3 is 0 Å². The first-order chi connectivity index (χ1) is 10.5. The molecule has 5 heteroatoms. The minimum Gasteiger partial charge on any atom is -0.493 e. The summed E-state index contributed by atoms with van der Waals surface area (Å²) in [5.41, 5.74) is 0.749. The van der Waals surface area contributed by atoms with Crippen molar-refractivity contribution in [3.05, 3.63) is 23.8 Å². The molecule has 5 nitrogen and oxygen atoms in total. The molecule has 0 spiro atoms. The Labute approximate surface area is 132 Å². The van der Waals surface area contributed by atoms with Crippen LogP contribution in [0.5, 0.6) is 17.2 Å². The van der Waals surface area contributed by atoms with E-state index in [-0.39, 0.29) is 5.91 Å². The second-order valence-corrected chi connectivity index (χ2v) is 5.23. The van der Waals surface area contributed by atoms with E-state index in [1.165, 1.54) is 6.08 Å². The van der Waals surface area contributed by atoms with Crippen LogP contribution in [0.1, 0.15) is 25.8 Å². The molecule has 0 atom stereocenters. The highest BCUT2D eigenvalue weighted by atomic mass is 16.5. The molecular weight excluding hydrogens is 282 g/mol. The van der Waals surface area contributed by atoms with E-state index in [1.807, 2.05) is 6.07 Å². The van der Waals surface area contributed by atoms with Crippen molar-refractivity contribution in [2.75, 3.05) is 27.9 Å². The van der Waals surface area contributed by atoms with Crippen LogP contribution in [0.4, 0.5) is 0 Å². The van der Waals surface area contributed by atoms with Crippen LogP contribution in [0.15, 0.2) is 18.2 Å². The molecule has 0 aromatic heterocycles. The molecule has 0 unspecified atom stereocenters. The van der Waals surface area contributed by atoms with Crippen molar-refractivity contribution >= 4 is 12.0 Å². The minimum absolute atomic E-state index is 0.127. The molecule has 0 fully saturated rings. The van der Waals surface area contributed by atoms with Gasteiger partial charge in [0.25, 0.3) is 0 Å². The number of ether oxygens (including phenoxy) is 3. The van der Waals surface area contributed by atoms with Crippen LogP contribution in [-0.4, -0.2) is 33.8 Å². The molecule has 1 amide bonds. The second-order valence-electron chi connectivity index (χ2n) is 5.23. The fraction of sp³-hybridized carbons (Fsp3) is 0.471. The Bertz CT molecular complexity index is 524. The van der Waals surface area contributed by atoms with E-state index in [2.05, 4.69) is 19.2 Å². The third-order valence-electron chi connectivity index (χ3n) is 3.17. The van der Waals surface area contributed by atoms with Crippen LogP contribution in [0.3, 0.4) is 0 Å². The summed E-state index contributed by atoms with van der Waals surface area (Å²) >= 11 is 0. The molecule has 1 aromatic carbocycles. The van der Waals surface area contributed by atoms with Crippen molar-refractivity contribution in [1.29, 1.82) is 0 Å². The highest BCUT2D eigenvalue weighted by Gasteiger charge is 2.14. The Morgan fingerprint density at radius 1 is 1.14 bits per heavy atom. The van der Waals surface area contributed by atoms with Crippen LogP contribution in [0.2, 0.25) is 0 Å². The van der Waals surface area contributed by atoms with Gasteiger partial charge in [0.05, 0.1) is 21.3 Å². The van der Waals surface area contributed by atoms with Gasteiger partial charge < -0.3 is 19.5 Å². The molecule has 0 bridgehead atoms.